The van der Waals surface area contributed by atoms with Gasteiger partial charge in [-0.25, -0.2) is 4.98 Å². The minimum Gasteiger partial charge on any atom is -0.296 e. The number of anilines is 1. The fourth-order valence-corrected chi connectivity index (χ4v) is 3.09. The highest BCUT2D eigenvalue weighted by Gasteiger charge is 2.83. The summed E-state index contributed by atoms with van der Waals surface area (Å²) >= 11 is 0.496. The fourth-order valence-electron chi connectivity index (χ4n) is 2.38. The Bertz CT molecular complexity index is 923. The van der Waals surface area contributed by atoms with Crippen LogP contribution in [0.2, 0.25) is 0 Å². The van der Waals surface area contributed by atoms with Gasteiger partial charge < -0.3 is 0 Å². The number of aromatic nitrogens is 1. The van der Waals surface area contributed by atoms with Crippen molar-refractivity contribution in [1.82, 2.24) is 4.98 Å². The van der Waals surface area contributed by atoms with E-state index in [9.17, 15) is 44.3 Å². The molecule has 0 saturated carbocycles. The van der Waals surface area contributed by atoms with E-state index in [2.05, 4.69) is 4.98 Å². The first-order chi connectivity index (χ1) is 14.1. The molecule has 1 aromatic heterocycles. The number of carbonyl (C=O) groups is 1. The molecular weight excluding hydrogens is 463 g/mol. The summed E-state index contributed by atoms with van der Waals surface area (Å²) in [5, 5.41) is 1.75. The second kappa shape index (κ2) is 8.32. The summed E-state index contributed by atoms with van der Waals surface area (Å²) in [7, 11) is 0. The quantitative estimate of drug-likeness (QED) is 0.449. The maximum atomic E-state index is 13.6. The van der Waals surface area contributed by atoms with Crippen molar-refractivity contribution < 1.29 is 44.3 Å². The van der Waals surface area contributed by atoms with Crippen molar-refractivity contribution in [3.63, 3.8) is 0 Å². The molecule has 0 aliphatic rings. The summed E-state index contributed by atoms with van der Waals surface area (Å²) in [6.45, 7) is 3.97. The van der Waals surface area contributed by atoms with E-state index in [-0.39, 0.29) is 11.6 Å². The van der Waals surface area contributed by atoms with Crippen LogP contribution in [0.25, 0.3) is 11.3 Å². The Labute approximate surface area is 174 Å². The number of nitrogens with zero attached hydrogens (tertiary/aromatic N) is 1. The molecule has 1 heterocycles. The lowest BCUT2D eigenvalue weighted by molar-refractivity contribution is -0.388. The molecule has 2 rings (SSSR count). The summed E-state index contributed by atoms with van der Waals surface area (Å²) in [6.07, 6.45) is -6.13. The van der Waals surface area contributed by atoms with E-state index < -0.39 is 35.0 Å². The minimum absolute atomic E-state index is 0.145. The average Bonchev–Trinajstić information content (AvgIpc) is 3.14. The maximum Gasteiger partial charge on any atom is 0.460 e. The van der Waals surface area contributed by atoms with Gasteiger partial charge in [-0.1, -0.05) is 38.1 Å². The van der Waals surface area contributed by atoms with Gasteiger partial charge in [0, 0.05) is 10.9 Å². The Kier molecular flexibility index (Phi) is 6.70. The molecule has 1 atom stereocenters. The molecule has 0 aliphatic heterocycles. The Morgan fingerprint density at radius 3 is 2.03 bits per heavy atom. The molecular formula is C18H15F9N2OS. The molecule has 2 aromatic rings. The van der Waals surface area contributed by atoms with Crippen LogP contribution in [-0.2, 0) is 4.79 Å². The number of hydrogen-bond donors (Lipinski definition) is 1. The highest BCUT2D eigenvalue weighted by molar-refractivity contribution is 7.14. The Hall–Kier alpha value is -2.31. The number of alkyl halides is 9. The second-order valence-electron chi connectivity index (χ2n) is 6.64. The van der Waals surface area contributed by atoms with Crippen LogP contribution in [0.1, 0.15) is 31.7 Å². The molecule has 3 nitrogen and oxygen atoms in total. The highest BCUT2D eigenvalue weighted by atomic mass is 32.1. The standard InChI is InChI=1S/C18H15F9N2OS/c1-3-9(2)10-4-6-11(7-5-10)12-8-31-14(28-12)29-13(30)15(19,20)16(21,22)17(23,24)18(25,26)27/h4-9H,3H2,1-2H3,(H,28,29,30). The van der Waals surface area contributed by atoms with Crippen LogP contribution in [0.4, 0.5) is 44.6 Å². The van der Waals surface area contributed by atoms with Gasteiger partial charge in [0.2, 0.25) is 0 Å². The summed E-state index contributed by atoms with van der Waals surface area (Å²) in [5.74, 6) is -23.3. The lowest BCUT2D eigenvalue weighted by Crippen LogP contribution is -2.64. The molecule has 1 unspecified atom stereocenters. The van der Waals surface area contributed by atoms with Crippen LogP contribution in [0, 0.1) is 0 Å². The second-order valence-corrected chi connectivity index (χ2v) is 7.50. The monoisotopic (exact) mass is 478 g/mol. The van der Waals surface area contributed by atoms with Crippen molar-refractivity contribution in [1.29, 1.82) is 0 Å². The number of amides is 1. The van der Waals surface area contributed by atoms with Crippen molar-refractivity contribution in [2.75, 3.05) is 5.32 Å². The third kappa shape index (κ3) is 4.51. The average molecular weight is 478 g/mol. The van der Waals surface area contributed by atoms with E-state index in [0.29, 0.717) is 16.9 Å². The van der Waals surface area contributed by atoms with Crippen LogP contribution in [0.3, 0.4) is 0 Å². The van der Waals surface area contributed by atoms with Crippen LogP contribution in [-0.4, -0.2) is 34.8 Å². The summed E-state index contributed by atoms with van der Waals surface area (Å²) < 4.78 is 116. The molecule has 1 aromatic carbocycles. The molecule has 0 aliphatic carbocycles. The largest absolute Gasteiger partial charge is 0.460 e. The van der Waals surface area contributed by atoms with Gasteiger partial charge in [-0.15, -0.1) is 11.3 Å². The van der Waals surface area contributed by atoms with E-state index in [1.807, 2.05) is 13.8 Å². The van der Waals surface area contributed by atoms with Gasteiger partial charge in [0.25, 0.3) is 0 Å². The van der Waals surface area contributed by atoms with Gasteiger partial charge in [-0.05, 0) is 17.9 Å². The fraction of sp³-hybridized carbons (Fsp3) is 0.444. The number of rotatable bonds is 7. The van der Waals surface area contributed by atoms with E-state index in [4.69, 9.17) is 0 Å². The third-order valence-electron chi connectivity index (χ3n) is 4.54. The number of nitrogens with one attached hydrogen (secondary N) is 1. The van der Waals surface area contributed by atoms with Crippen LogP contribution in [0.5, 0.6) is 0 Å². The van der Waals surface area contributed by atoms with Crippen molar-refractivity contribution in [2.45, 2.75) is 50.1 Å². The zero-order valence-electron chi connectivity index (χ0n) is 15.8. The van der Waals surface area contributed by atoms with Gasteiger partial charge in [0.05, 0.1) is 5.69 Å². The number of hydrogen-bond acceptors (Lipinski definition) is 3. The highest BCUT2D eigenvalue weighted by Crippen LogP contribution is 2.53. The predicted molar refractivity (Wildman–Crippen MR) is 95.8 cm³/mol. The normalized spacial score (nSPS) is 14.4. The Morgan fingerprint density at radius 2 is 1.55 bits per heavy atom. The van der Waals surface area contributed by atoms with Crippen molar-refractivity contribution in [3.8, 4) is 11.3 Å². The Balaban J connectivity index is 2.22. The number of carbonyl (C=O) groups excluding carboxylic acids is 1. The van der Waals surface area contributed by atoms with E-state index >= 15 is 0 Å². The third-order valence-corrected chi connectivity index (χ3v) is 5.30. The maximum absolute atomic E-state index is 13.6. The number of thiazole rings is 1. The molecule has 1 N–H and O–H groups in total. The summed E-state index contributed by atoms with van der Waals surface area (Å²) in [6, 6.07) is 6.81. The van der Waals surface area contributed by atoms with Crippen LogP contribution in [0.15, 0.2) is 29.6 Å². The number of halogens is 9. The molecule has 13 heteroatoms. The van der Waals surface area contributed by atoms with Gasteiger partial charge in [-0.2, -0.15) is 39.5 Å². The van der Waals surface area contributed by atoms with E-state index in [1.165, 1.54) is 10.7 Å². The molecule has 1 amide bonds. The smallest absolute Gasteiger partial charge is 0.296 e. The molecule has 31 heavy (non-hydrogen) atoms. The molecule has 0 fully saturated rings. The zero-order chi connectivity index (χ0) is 23.8. The molecule has 0 bridgehead atoms. The molecule has 0 radical (unpaired) electrons. The molecule has 172 valence electrons. The summed E-state index contributed by atoms with van der Waals surface area (Å²) in [4.78, 5) is 15.2. The van der Waals surface area contributed by atoms with Crippen molar-refractivity contribution >= 4 is 22.4 Å². The topological polar surface area (TPSA) is 42.0 Å². The van der Waals surface area contributed by atoms with E-state index in [0.717, 1.165) is 12.0 Å². The lowest BCUT2D eigenvalue weighted by Gasteiger charge is -2.32. The first-order valence-corrected chi connectivity index (χ1v) is 9.51. The first-order valence-electron chi connectivity index (χ1n) is 8.63. The summed E-state index contributed by atoms with van der Waals surface area (Å²) in [5.41, 5.74) is 1.62. The minimum atomic E-state index is -7.15. The van der Waals surface area contributed by atoms with Crippen LogP contribution >= 0.6 is 11.3 Å². The van der Waals surface area contributed by atoms with Gasteiger partial charge >= 0.3 is 29.9 Å². The van der Waals surface area contributed by atoms with Gasteiger partial charge in [-0.3, -0.25) is 10.1 Å². The van der Waals surface area contributed by atoms with Crippen molar-refractivity contribution in [2.24, 2.45) is 0 Å². The van der Waals surface area contributed by atoms with Gasteiger partial charge in [0.15, 0.2) is 5.13 Å². The zero-order valence-corrected chi connectivity index (χ0v) is 16.7. The first kappa shape index (κ1) is 25.0. The lowest BCUT2D eigenvalue weighted by atomic mass is 9.97. The molecule has 0 spiro atoms. The van der Waals surface area contributed by atoms with Crippen LogP contribution < -0.4 is 5.32 Å². The van der Waals surface area contributed by atoms with E-state index in [1.54, 1.807) is 24.3 Å². The molecule has 0 saturated heterocycles. The predicted octanol–water partition coefficient (Wildman–Crippen LogP) is 6.73. The van der Waals surface area contributed by atoms with Gasteiger partial charge in [0.1, 0.15) is 0 Å². The SMILES string of the molecule is CCC(C)c1ccc(-c2csc(NC(=O)C(F)(F)C(F)(F)C(F)(F)C(F)(F)F)n2)cc1. The van der Waals surface area contributed by atoms with Crippen molar-refractivity contribution in [3.05, 3.63) is 35.2 Å². The number of benzene rings is 1. The Morgan fingerprint density at radius 1 is 1.00 bits per heavy atom.